The average molecular weight is 394 g/mol. The zero-order valence-corrected chi connectivity index (χ0v) is 16.0. The van der Waals surface area contributed by atoms with Crippen LogP contribution in [0.25, 0.3) is 10.9 Å². The van der Waals surface area contributed by atoms with Crippen molar-refractivity contribution >= 4 is 34.1 Å². The predicted molar refractivity (Wildman–Crippen MR) is 117 cm³/mol. The van der Waals surface area contributed by atoms with Crippen LogP contribution in [0.5, 0.6) is 0 Å². The molecule has 0 saturated carbocycles. The van der Waals surface area contributed by atoms with Gasteiger partial charge in [0.05, 0.1) is 5.52 Å². The van der Waals surface area contributed by atoms with Crippen molar-refractivity contribution in [2.45, 2.75) is 6.54 Å². The van der Waals surface area contributed by atoms with E-state index in [1.165, 1.54) is 6.33 Å². The monoisotopic (exact) mass is 394 g/mol. The third kappa shape index (κ3) is 4.51. The molecule has 0 spiro atoms. The van der Waals surface area contributed by atoms with E-state index in [1.54, 1.807) is 18.5 Å². The van der Waals surface area contributed by atoms with Crippen molar-refractivity contribution in [3.63, 3.8) is 0 Å². The number of aromatic nitrogens is 3. The number of amides is 2. The van der Waals surface area contributed by atoms with Gasteiger partial charge in [-0.1, -0.05) is 18.1 Å². The van der Waals surface area contributed by atoms with Crippen LogP contribution in [0.2, 0.25) is 0 Å². The van der Waals surface area contributed by atoms with Gasteiger partial charge in [0, 0.05) is 41.3 Å². The predicted octanol–water partition coefficient (Wildman–Crippen LogP) is 4.07. The summed E-state index contributed by atoms with van der Waals surface area (Å²) in [7, 11) is 0. The van der Waals surface area contributed by atoms with Crippen LogP contribution in [-0.2, 0) is 6.54 Å². The number of nitrogens with zero attached hydrogens (tertiary/aromatic N) is 3. The zero-order chi connectivity index (χ0) is 20.8. The minimum absolute atomic E-state index is 0.314. The Morgan fingerprint density at radius 3 is 2.80 bits per heavy atom. The normalized spacial score (nSPS) is 10.2. The van der Waals surface area contributed by atoms with E-state index in [9.17, 15) is 4.79 Å². The van der Waals surface area contributed by atoms with E-state index >= 15 is 0 Å². The fraction of sp³-hybridized carbons (Fsp3) is 0.0435. The van der Waals surface area contributed by atoms with Gasteiger partial charge in [-0.3, -0.25) is 4.98 Å². The number of carbonyl (C=O) groups excluding carboxylic acids is 1. The molecule has 0 unspecified atom stereocenters. The molecule has 146 valence electrons. The molecule has 0 radical (unpaired) electrons. The summed E-state index contributed by atoms with van der Waals surface area (Å²) >= 11 is 0. The molecule has 7 nitrogen and oxygen atoms in total. The smallest absolute Gasteiger partial charge is 0.319 e. The highest BCUT2D eigenvalue weighted by atomic mass is 16.2. The zero-order valence-electron chi connectivity index (χ0n) is 16.0. The molecule has 0 fully saturated rings. The van der Waals surface area contributed by atoms with Crippen molar-refractivity contribution in [2.75, 3.05) is 10.6 Å². The van der Waals surface area contributed by atoms with Crippen LogP contribution in [0.3, 0.4) is 0 Å². The first-order chi connectivity index (χ1) is 14.7. The quantitative estimate of drug-likeness (QED) is 0.444. The van der Waals surface area contributed by atoms with E-state index in [2.05, 4.69) is 36.8 Å². The minimum Gasteiger partial charge on any atom is -0.340 e. The van der Waals surface area contributed by atoms with Gasteiger partial charge in [-0.25, -0.2) is 14.8 Å². The Bertz CT molecular complexity index is 1230. The number of pyridine rings is 1. The molecule has 0 aliphatic heterocycles. The van der Waals surface area contributed by atoms with Crippen molar-refractivity contribution in [3.05, 3.63) is 84.4 Å². The summed E-state index contributed by atoms with van der Waals surface area (Å²) in [6, 6.07) is 16.4. The summed E-state index contributed by atoms with van der Waals surface area (Å²) < 4.78 is 0. The fourth-order valence-electron chi connectivity index (χ4n) is 2.92. The van der Waals surface area contributed by atoms with Crippen LogP contribution in [0.1, 0.15) is 11.1 Å². The van der Waals surface area contributed by atoms with Crippen LogP contribution in [0.15, 0.2) is 73.3 Å². The Labute approximate surface area is 173 Å². The van der Waals surface area contributed by atoms with E-state index in [0.717, 1.165) is 27.7 Å². The van der Waals surface area contributed by atoms with Crippen molar-refractivity contribution in [1.29, 1.82) is 0 Å². The molecular formula is C23H18N6O. The Morgan fingerprint density at radius 2 is 1.97 bits per heavy atom. The van der Waals surface area contributed by atoms with Crippen LogP contribution >= 0.6 is 0 Å². The molecule has 0 aliphatic rings. The molecule has 2 amide bonds. The van der Waals surface area contributed by atoms with Gasteiger partial charge in [-0.05, 0) is 48.0 Å². The van der Waals surface area contributed by atoms with Gasteiger partial charge in [0.1, 0.15) is 12.1 Å². The molecular weight excluding hydrogens is 376 g/mol. The van der Waals surface area contributed by atoms with Crippen molar-refractivity contribution < 1.29 is 4.79 Å². The van der Waals surface area contributed by atoms with E-state index in [1.807, 2.05) is 48.5 Å². The van der Waals surface area contributed by atoms with Gasteiger partial charge in [0.2, 0.25) is 0 Å². The molecule has 2 aromatic carbocycles. The molecule has 0 atom stereocenters. The second-order valence-corrected chi connectivity index (χ2v) is 6.47. The third-order valence-corrected chi connectivity index (χ3v) is 4.36. The number of urea groups is 1. The first-order valence-electron chi connectivity index (χ1n) is 9.23. The second-order valence-electron chi connectivity index (χ2n) is 6.47. The van der Waals surface area contributed by atoms with E-state index in [4.69, 9.17) is 6.42 Å². The van der Waals surface area contributed by atoms with Gasteiger partial charge in [-0.15, -0.1) is 6.42 Å². The molecule has 4 rings (SSSR count). The number of hydrogen-bond donors (Lipinski definition) is 3. The van der Waals surface area contributed by atoms with Crippen molar-refractivity contribution in [3.8, 4) is 12.3 Å². The lowest BCUT2D eigenvalue weighted by atomic mass is 10.2. The molecule has 2 aromatic heterocycles. The van der Waals surface area contributed by atoms with Gasteiger partial charge in [0.15, 0.2) is 0 Å². The number of carbonyl (C=O) groups is 1. The highest BCUT2D eigenvalue weighted by Gasteiger charge is 2.08. The molecule has 3 N–H and O–H groups in total. The fourth-order valence-corrected chi connectivity index (χ4v) is 2.92. The SMILES string of the molecule is C#Cc1cccc(Nc2ncnc3ccc(NC(=O)NCc4cccnc4)cc23)c1. The number of fused-ring (bicyclic) bond motifs is 1. The second kappa shape index (κ2) is 8.71. The molecule has 0 aliphatic carbocycles. The number of hydrogen-bond acceptors (Lipinski definition) is 5. The summed E-state index contributed by atoms with van der Waals surface area (Å²) in [5.41, 5.74) is 3.88. The third-order valence-electron chi connectivity index (χ3n) is 4.36. The summed E-state index contributed by atoms with van der Waals surface area (Å²) in [5.74, 6) is 3.23. The summed E-state index contributed by atoms with van der Waals surface area (Å²) in [6.07, 6.45) is 10.4. The Morgan fingerprint density at radius 1 is 1.03 bits per heavy atom. The standard InChI is InChI=1S/C23H18N6O/c1-2-16-5-3-7-18(11-16)28-22-20-12-19(8-9-21(20)26-15-27-22)29-23(30)25-14-17-6-4-10-24-13-17/h1,3-13,15H,14H2,(H2,25,29,30)(H,26,27,28). The van der Waals surface area contributed by atoms with Gasteiger partial charge < -0.3 is 16.0 Å². The topological polar surface area (TPSA) is 91.8 Å². The van der Waals surface area contributed by atoms with Gasteiger partial charge in [-0.2, -0.15) is 0 Å². The molecule has 0 bridgehead atoms. The van der Waals surface area contributed by atoms with Crippen molar-refractivity contribution in [2.24, 2.45) is 0 Å². The number of benzene rings is 2. The van der Waals surface area contributed by atoms with E-state index in [0.29, 0.717) is 18.1 Å². The van der Waals surface area contributed by atoms with Crippen LogP contribution < -0.4 is 16.0 Å². The Hall–Kier alpha value is -4.44. The van der Waals surface area contributed by atoms with Gasteiger partial charge in [0.25, 0.3) is 0 Å². The van der Waals surface area contributed by atoms with Crippen molar-refractivity contribution in [1.82, 2.24) is 20.3 Å². The summed E-state index contributed by atoms with van der Waals surface area (Å²) in [4.78, 5) is 24.9. The van der Waals surface area contributed by atoms with E-state index < -0.39 is 0 Å². The first kappa shape index (κ1) is 18.9. The lowest BCUT2D eigenvalue weighted by molar-refractivity contribution is 0.251. The number of nitrogens with one attached hydrogen (secondary N) is 3. The van der Waals surface area contributed by atoms with Crippen LogP contribution in [0.4, 0.5) is 22.0 Å². The lowest BCUT2D eigenvalue weighted by Gasteiger charge is -2.11. The maximum atomic E-state index is 12.3. The number of terminal acetylenes is 1. The number of rotatable bonds is 5. The van der Waals surface area contributed by atoms with Gasteiger partial charge >= 0.3 is 6.03 Å². The highest BCUT2D eigenvalue weighted by Crippen LogP contribution is 2.26. The Kier molecular flexibility index (Phi) is 5.49. The van der Waals surface area contributed by atoms with E-state index in [-0.39, 0.29) is 6.03 Å². The summed E-state index contributed by atoms with van der Waals surface area (Å²) in [6.45, 7) is 0.384. The maximum absolute atomic E-state index is 12.3. The first-order valence-corrected chi connectivity index (χ1v) is 9.23. The summed E-state index contributed by atoms with van der Waals surface area (Å²) in [5, 5.41) is 9.68. The minimum atomic E-state index is -0.314. The average Bonchev–Trinajstić information content (AvgIpc) is 2.79. The molecule has 4 aromatic rings. The molecule has 2 heterocycles. The lowest BCUT2D eigenvalue weighted by Crippen LogP contribution is -2.28. The molecule has 7 heteroatoms. The maximum Gasteiger partial charge on any atom is 0.319 e. The van der Waals surface area contributed by atoms with Crippen LogP contribution in [0, 0.1) is 12.3 Å². The number of anilines is 3. The Balaban J connectivity index is 1.52. The molecule has 0 saturated heterocycles. The highest BCUT2D eigenvalue weighted by molar-refractivity contribution is 5.96. The van der Waals surface area contributed by atoms with Crippen LogP contribution in [-0.4, -0.2) is 21.0 Å². The molecule has 30 heavy (non-hydrogen) atoms. The largest absolute Gasteiger partial charge is 0.340 e.